The number of aromatic nitrogens is 1. The van der Waals surface area contributed by atoms with E-state index in [0.29, 0.717) is 17.9 Å². The number of pyridine rings is 1. The minimum absolute atomic E-state index is 0.0156. The first-order valence-corrected chi connectivity index (χ1v) is 11.2. The van der Waals surface area contributed by atoms with Gasteiger partial charge in [0.15, 0.2) is 5.78 Å². The summed E-state index contributed by atoms with van der Waals surface area (Å²) in [5, 5.41) is 9.64. The molecule has 2 aromatic rings. The second-order valence-electron chi connectivity index (χ2n) is 7.02. The number of halogens is 1. The van der Waals surface area contributed by atoms with Crippen molar-refractivity contribution < 1.29 is 27.9 Å². The molecule has 0 radical (unpaired) electrons. The third-order valence-corrected chi connectivity index (χ3v) is 6.11. The van der Waals surface area contributed by atoms with Gasteiger partial charge in [-0.1, -0.05) is 11.6 Å². The first-order valence-electron chi connectivity index (χ1n) is 9.30. The van der Waals surface area contributed by atoms with Gasteiger partial charge in [-0.05, 0) is 50.6 Å². The van der Waals surface area contributed by atoms with Gasteiger partial charge in [0.1, 0.15) is 0 Å². The van der Waals surface area contributed by atoms with Crippen LogP contribution in [0.4, 0.5) is 5.69 Å². The first-order chi connectivity index (χ1) is 14.2. The van der Waals surface area contributed by atoms with Crippen LogP contribution in [0.2, 0.25) is 5.02 Å². The van der Waals surface area contributed by atoms with Gasteiger partial charge in [-0.3, -0.25) is 14.7 Å². The van der Waals surface area contributed by atoms with Crippen molar-refractivity contribution in [1.82, 2.24) is 0 Å². The number of anilines is 1. The number of allylic oxidation sites excluding steroid dienone is 4. The van der Waals surface area contributed by atoms with Gasteiger partial charge in [-0.2, -0.15) is 0 Å². The quantitative estimate of drug-likeness (QED) is 0.380. The number of hydrogen-bond acceptors (Lipinski definition) is 5. The van der Waals surface area contributed by atoms with Gasteiger partial charge in [-0.25, -0.2) is 8.42 Å². The smallest absolute Gasteiger partial charge is 0.258 e. The van der Waals surface area contributed by atoms with Crippen molar-refractivity contribution in [3.8, 4) is 0 Å². The number of benzene rings is 1. The van der Waals surface area contributed by atoms with E-state index in [0.717, 1.165) is 10.5 Å². The van der Waals surface area contributed by atoms with Crippen LogP contribution in [-0.4, -0.2) is 25.5 Å². The lowest BCUT2D eigenvalue weighted by molar-refractivity contribution is -0.904. The third-order valence-electron chi connectivity index (χ3n) is 4.35. The highest BCUT2D eigenvalue weighted by atomic mass is 35.5. The molecular weight excluding hydrogens is 428 g/mol. The van der Waals surface area contributed by atoms with E-state index in [1.165, 1.54) is 48.8 Å². The Balaban J connectivity index is 1.90. The van der Waals surface area contributed by atoms with Crippen molar-refractivity contribution in [3.63, 3.8) is 0 Å². The summed E-state index contributed by atoms with van der Waals surface area (Å²) in [5.74, 6) is 0.303. The number of carbonyl (C=O) groups is 1. The van der Waals surface area contributed by atoms with Crippen LogP contribution in [0.25, 0.3) is 0 Å². The van der Waals surface area contributed by atoms with E-state index in [1.54, 1.807) is 6.08 Å². The van der Waals surface area contributed by atoms with Gasteiger partial charge in [0, 0.05) is 39.4 Å². The van der Waals surface area contributed by atoms with Gasteiger partial charge in [0.2, 0.25) is 12.4 Å². The molecule has 1 heterocycles. The fraction of sp³-hybridized carbons (Fsp3) is 0.238. The SMILES string of the molecule is CC(C)OC1=CC=C(S(=O)(=O)Nc2ccc(Cl)cc2C(=O)c2cc[n+](O)cc2)CC1. The Bertz CT molecular complexity index is 1120. The Morgan fingerprint density at radius 2 is 1.87 bits per heavy atom. The van der Waals surface area contributed by atoms with Crippen LogP contribution < -0.4 is 9.45 Å². The molecule has 158 valence electrons. The van der Waals surface area contributed by atoms with Crippen LogP contribution in [0.1, 0.15) is 42.6 Å². The highest BCUT2D eigenvalue weighted by Crippen LogP contribution is 2.29. The predicted molar refractivity (Wildman–Crippen MR) is 113 cm³/mol. The molecule has 0 spiro atoms. The molecule has 7 nitrogen and oxygen atoms in total. The topological polar surface area (TPSA) is 96.6 Å². The van der Waals surface area contributed by atoms with Crippen molar-refractivity contribution in [1.29, 1.82) is 0 Å². The van der Waals surface area contributed by atoms with Gasteiger partial charge in [0.25, 0.3) is 10.0 Å². The maximum atomic E-state index is 12.9. The van der Waals surface area contributed by atoms with Crippen LogP contribution in [0, 0.1) is 0 Å². The maximum Gasteiger partial charge on any atom is 0.258 e. The molecule has 0 aliphatic heterocycles. The molecule has 0 unspecified atom stereocenters. The normalized spacial score (nSPS) is 14.1. The molecule has 3 rings (SSSR count). The monoisotopic (exact) mass is 449 g/mol. The third kappa shape index (κ3) is 5.20. The van der Waals surface area contributed by atoms with E-state index in [4.69, 9.17) is 16.3 Å². The van der Waals surface area contributed by atoms with Gasteiger partial charge >= 0.3 is 0 Å². The number of ketones is 1. The van der Waals surface area contributed by atoms with Crippen molar-refractivity contribution in [3.05, 3.63) is 81.7 Å². The molecule has 1 aliphatic rings. The summed E-state index contributed by atoms with van der Waals surface area (Å²) in [6, 6.07) is 7.21. The molecule has 0 saturated carbocycles. The Hall–Kier alpha value is -2.84. The van der Waals surface area contributed by atoms with Crippen molar-refractivity contribution in [2.24, 2.45) is 0 Å². The molecule has 0 saturated heterocycles. The number of hydrogen-bond donors (Lipinski definition) is 2. The average Bonchev–Trinajstić information content (AvgIpc) is 2.69. The molecule has 2 N–H and O–H groups in total. The lowest BCUT2D eigenvalue weighted by Crippen LogP contribution is -2.28. The van der Waals surface area contributed by atoms with E-state index in [9.17, 15) is 18.4 Å². The zero-order valence-corrected chi connectivity index (χ0v) is 18.1. The minimum atomic E-state index is -3.87. The molecule has 0 amide bonds. The van der Waals surface area contributed by atoms with Crippen LogP contribution in [-0.2, 0) is 14.8 Å². The Morgan fingerprint density at radius 1 is 1.17 bits per heavy atom. The summed E-state index contributed by atoms with van der Waals surface area (Å²) in [5.41, 5.74) is 0.509. The predicted octanol–water partition coefficient (Wildman–Crippen LogP) is 3.82. The summed E-state index contributed by atoms with van der Waals surface area (Å²) >= 11 is 6.04. The standard InChI is InChI=1S/C21H21ClN2O5S/c1-14(2)29-17-4-6-18(7-5-17)30(27,28)23-20-8-3-16(22)13-19(20)21(25)15-9-11-24(26)12-10-15/h3-4,6,8-14H,5,7H2,1-2H3,(H-,23,25,26)/p+1. The van der Waals surface area contributed by atoms with Gasteiger partial charge in [0.05, 0.1) is 22.5 Å². The molecule has 1 aromatic heterocycles. The van der Waals surface area contributed by atoms with Crippen molar-refractivity contribution in [2.75, 3.05) is 4.72 Å². The largest absolute Gasteiger partial charge is 0.495 e. The summed E-state index contributed by atoms with van der Waals surface area (Å²) in [6.07, 6.45) is 6.55. The van der Waals surface area contributed by atoms with Crippen LogP contribution in [0.15, 0.2) is 65.5 Å². The van der Waals surface area contributed by atoms with Crippen molar-refractivity contribution >= 4 is 33.1 Å². The maximum absolute atomic E-state index is 12.9. The Morgan fingerprint density at radius 3 is 2.47 bits per heavy atom. The number of carbonyl (C=O) groups excluding carboxylic acids is 1. The zero-order chi connectivity index (χ0) is 21.9. The summed E-state index contributed by atoms with van der Waals surface area (Å²) in [7, 11) is -3.87. The van der Waals surface area contributed by atoms with E-state index < -0.39 is 15.8 Å². The molecule has 30 heavy (non-hydrogen) atoms. The van der Waals surface area contributed by atoms with Crippen LogP contribution in [0.3, 0.4) is 0 Å². The van der Waals surface area contributed by atoms with Crippen LogP contribution in [0.5, 0.6) is 0 Å². The van der Waals surface area contributed by atoms with Crippen LogP contribution >= 0.6 is 11.6 Å². The summed E-state index contributed by atoms with van der Waals surface area (Å²) in [4.78, 5) is 13.1. The molecule has 0 atom stereocenters. The van der Waals surface area contributed by atoms with E-state index >= 15 is 0 Å². The van der Waals surface area contributed by atoms with Crippen molar-refractivity contribution in [2.45, 2.75) is 32.8 Å². The first kappa shape index (κ1) is 21.9. The molecule has 0 fully saturated rings. The fourth-order valence-corrected chi connectivity index (χ4v) is 4.34. The number of nitrogens with zero attached hydrogens (tertiary/aromatic N) is 1. The number of sulfonamides is 1. The van der Waals surface area contributed by atoms with E-state index in [-0.39, 0.29) is 27.8 Å². The highest BCUT2D eigenvalue weighted by molar-refractivity contribution is 7.96. The number of ether oxygens (including phenoxy) is 1. The second-order valence-corrected chi connectivity index (χ2v) is 9.20. The highest BCUT2D eigenvalue weighted by Gasteiger charge is 2.24. The molecule has 9 heteroatoms. The molecular formula is C21H22ClN2O5S+. The molecule has 1 aliphatic carbocycles. The average molecular weight is 450 g/mol. The minimum Gasteiger partial charge on any atom is -0.495 e. The van der Waals surface area contributed by atoms with Gasteiger partial charge < -0.3 is 4.74 Å². The van der Waals surface area contributed by atoms with Gasteiger partial charge in [-0.15, -0.1) is 0 Å². The Labute approximate surface area is 180 Å². The number of nitrogens with one attached hydrogen (secondary N) is 1. The number of rotatable bonds is 7. The second kappa shape index (κ2) is 8.89. The summed E-state index contributed by atoms with van der Waals surface area (Å²) in [6.45, 7) is 3.81. The van der Waals surface area contributed by atoms with E-state index in [1.807, 2.05) is 13.8 Å². The summed E-state index contributed by atoms with van der Waals surface area (Å²) < 4.78 is 34.7. The lowest BCUT2D eigenvalue weighted by atomic mass is 10.0. The Kier molecular flexibility index (Phi) is 6.48. The fourth-order valence-electron chi connectivity index (χ4n) is 2.95. The molecule has 0 bridgehead atoms. The lowest BCUT2D eigenvalue weighted by Gasteiger charge is -2.19. The van der Waals surface area contributed by atoms with E-state index in [2.05, 4.69) is 4.72 Å². The molecule has 1 aromatic carbocycles. The zero-order valence-electron chi connectivity index (χ0n) is 16.5.